The Labute approximate surface area is 124 Å². The maximum atomic E-state index is 10.7. The lowest BCUT2D eigenvalue weighted by Crippen LogP contribution is -2.22. The molecule has 0 unspecified atom stereocenters. The van der Waals surface area contributed by atoms with Gasteiger partial charge in [-0.2, -0.15) is 0 Å². The second kappa shape index (κ2) is 5.17. The van der Waals surface area contributed by atoms with Gasteiger partial charge in [0.05, 0.1) is 16.8 Å². The number of carbonyl (C=O) groups is 1. The Morgan fingerprint density at radius 3 is 2.74 bits per heavy atom. The summed E-state index contributed by atoms with van der Waals surface area (Å²) in [7, 11) is 0. The van der Waals surface area contributed by atoms with E-state index in [1.54, 1.807) is 0 Å². The Morgan fingerprint density at radius 2 is 2.16 bits per heavy atom. The van der Waals surface area contributed by atoms with Crippen molar-refractivity contribution in [1.82, 2.24) is 9.55 Å². The molecule has 6 heteroatoms. The number of imidazole rings is 1. The van der Waals surface area contributed by atoms with Crippen LogP contribution >= 0.6 is 27.7 Å². The largest absolute Gasteiger partial charge is 0.481 e. The molecule has 1 heterocycles. The molecule has 0 aliphatic rings. The first-order valence-electron chi connectivity index (χ1n) is 5.82. The van der Waals surface area contributed by atoms with Gasteiger partial charge in [0, 0.05) is 10.0 Å². The average molecular weight is 343 g/mol. The Balaban J connectivity index is 2.59. The molecule has 102 valence electrons. The third kappa shape index (κ3) is 3.12. The number of nitrogens with zero attached hydrogens (tertiary/aromatic N) is 2. The van der Waals surface area contributed by atoms with Gasteiger partial charge in [-0.25, -0.2) is 4.98 Å². The number of fused-ring (bicyclic) bond motifs is 1. The van der Waals surface area contributed by atoms with E-state index in [2.05, 4.69) is 46.3 Å². The summed E-state index contributed by atoms with van der Waals surface area (Å²) in [6.45, 7) is 6.25. The minimum atomic E-state index is -0.835. The van der Waals surface area contributed by atoms with Crippen molar-refractivity contribution < 1.29 is 9.90 Å². The van der Waals surface area contributed by atoms with Crippen molar-refractivity contribution >= 4 is 44.7 Å². The predicted octanol–water partition coefficient (Wildman–Crippen LogP) is 3.73. The van der Waals surface area contributed by atoms with Crippen LogP contribution in [0.2, 0.25) is 0 Å². The van der Waals surface area contributed by atoms with Crippen LogP contribution in [0, 0.1) is 0 Å². The monoisotopic (exact) mass is 342 g/mol. The molecule has 19 heavy (non-hydrogen) atoms. The molecule has 0 saturated carbocycles. The standard InChI is InChI=1S/C13H15BrN2O2S/c1-13(2,3)16-10-6-8(14)4-5-9(10)15-12(16)19-7-11(17)18/h4-6H,7H2,1-3H3,(H,17,18). The van der Waals surface area contributed by atoms with Crippen molar-refractivity contribution in [3.63, 3.8) is 0 Å². The number of carboxylic acids is 1. The molecule has 2 aromatic rings. The summed E-state index contributed by atoms with van der Waals surface area (Å²) in [6.07, 6.45) is 0. The highest BCUT2D eigenvalue weighted by Gasteiger charge is 2.22. The summed E-state index contributed by atoms with van der Waals surface area (Å²) in [5.74, 6) is -0.820. The van der Waals surface area contributed by atoms with E-state index in [1.165, 1.54) is 11.8 Å². The quantitative estimate of drug-likeness (QED) is 0.863. The van der Waals surface area contributed by atoms with Crippen molar-refractivity contribution in [3.05, 3.63) is 22.7 Å². The number of benzene rings is 1. The number of aromatic nitrogens is 2. The summed E-state index contributed by atoms with van der Waals surface area (Å²) in [5, 5.41) is 9.56. The van der Waals surface area contributed by atoms with E-state index >= 15 is 0 Å². The van der Waals surface area contributed by atoms with Gasteiger partial charge in [-0.05, 0) is 39.0 Å². The van der Waals surface area contributed by atoms with Crippen LogP contribution in [0.15, 0.2) is 27.8 Å². The number of aliphatic carboxylic acids is 1. The number of hydrogen-bond donors (Lipinski definition) is 1. The fourth-order valence-electron chi connectivity index (χ4n) is 1.90. The minimum Gasteiger partial charge on any atom is -0.481 e. The smallest absolute Gasteiger partial charge is 0.313 e. The Kier molecular flexibility index (Phi) is 3.92. The molecule has 1 N–H and O–H groups in total. The normalized spacial score (nSPS) is 12.0. The van der Waals surface area contributed by atoms with Crippen LogP contribution in [0.4, 0.5) is 0 Å². The number of carboxylic acid groups (broad SMARTS) is 1. The highest BCUT2D eigenvalue weighted by molar-refractivity contribution is 9.10. The van der Waals surface area contributed by atoms with Crippen LogP contribution in [0.3, 0.4) is 0 Å². The number of hydrogen-bond acceptors (Lipinski definition) is 3. The minimum absolute atomic E-state index is 0.0145. The second-order valence-corrected chi connectivity index (χ2v) is 7.07. The van der Waals surface area contributed by atoms with Gasteiger partial charge in [0.25, 0.3) is 0 Å². The molecule has 0 amide bonds. The Hall–Kier alpha value is -1.01. The molecule has 0 radical (unpaired) electrons. The molecule has 0 saturated heterocycles. The summed E-state index contributed by atoms with van der Waals surface area (Å²) < 4.78 is 3.07. The van der Waals surface area contributed by atoms with E-state index in [0.29, 0.717) is 0 Å². The van der Waals surface area contributed by atoms with Crippen molar-refractivity contribution in [1.29, 1.82) is 0 Å². The average Bonchev–Trinajstić information content (AvgIpc) is 2.63. The van der Waals surface area contributed by atoms with Gasteiger partial charge in [-0.1, -0.05) is 27.7 Å². The van der Waals surface area contributed by atoms with Crippen LogP contribution in [0.5, 0.6) is 0 Å². The van der Waals surface area contributed by atoms with Crippen molar-refractivity contribution in [2.24, 2.45) is 0 Å². The lowest BCUT2D eigenvalue weighted by Gasteiger charge is -2.24. The summed E-state index contributed by atoms with van der Waals surface area (Å²) in [6, 6.07) is 5.89. The van der Waals surface area contributed by atoms with Crippen LogP contribution in [0.25, 0.3) is 11.0 Å². The van der Waals surface area contributed by atoms with Gasteiger partial charge in [-0.15, -0.1) is 0 Å². The van der Waals surface area contributed by atoms with Crippen molar-refractivity contribution in [3.8, 4) is 0 Å². The fourth-order valence-corrected chi connectivity index (χ4v) is 3.16. The van der Waals surface area contributed by atoms with Crippen molar-refractivity contribution in [2.45, 2.75) is 31.5 Å². The molecule has 2 rings (SSSR count). The van der Waals surface area contributed by atoms with Gasteiger partial charge in [0.1, 0.15) is 0 Å². The molecule has 1 aromatic carbocycles. The van der Waals surface area contributed by atoms with Gasteiger partial charge in [-0.3, -0.25) is 4.79 Å². The zero-order valence-electron chi connectivity index (χ0n) is 11.0. The highest BCUT2D eigenvalue weighted by atomic mass is 79.9. The van der Waals surface area contributed by atoms with E-state index in [1.807, 2.05) is 18.2 Å². The van der Waals surface area contributed by atoms with Crippen LogP contribution in [0.1, 0.15) is 20.8 Å². The zero-order valence-corrected chi connectivity index (χ0v) is 13.4. The first kappa shape index (κ1) is 14.4. The third-order valence-corrected chi connectivity index (χ3v) is 4.00. The van der Waals surface area contributed by atoms with Gasteiger partial charge in [0.15, 0.2) is 5.16 Å². The van der Waals surface area contributed by atoms with Gasteiger partial charge < -0.3 is 9.67 Å². The van der Waals surface area contributed by atoms with Crippen molar-refractivity contribution in [2.75, 3.05) is 5.75 Å². The third-order valence-electron chi connectivity index (χ3n) is 2.58. The summed E-state index contributed by atoms with van der Waals surface area (Å²) >= 11 is 4.71. The molecule has 0 aliphatic carbocycles. The molecule has 0 atom stereocenters. The van der Waals surface area contributed by atoms with E-state index in [4.69, 9.17) is 5.11 Å². The maximum absolute atomic E-state index is 10.7. The predicted molar refractivity (Wildman–Crippen MR) is 80.8 cm³/mol. The molecule has 0 spiro atoms. The number of thioether (sulfide) groups is 1. The van der Waals surface area contributed by atoms with Gasteiger partial charge in [0.2, 0.25) is 0 Å². The molecular formula is C13H15BrN2O2S. The molecular weight excluding hydrogens is 328 g/mol. The molecule has 0 bridgehead atoms. The van der Waals surface area contributed by atoms with Crippen LogP contribution in [-0.4, -0.2) is 26.4 Å². The lowest BCUT2D eigenvalue weighted by molar-refractivity contribution is -0.133. The Morgan fingerprint density at radius 1 is 1.47 bits per heavy atom. The van der Waals surface area contributed by atoms with E-state index in [-0.39, 0.29) is 11.3 Å². The lowest BCUT2D eigenvalue weighted by atomic mass is 10.1. The first-order valence-corrected chi connectivity index (χ1v) is 7.60. The van der Waals surface area contributed by atoms with Gasteiger partial charge >= 0.3 is 5.97 Å². The highest BCUT2D eigenvalue weighted by Crippen LogP contribution is 2.31. The van der Waals surface area contributed by atoms with Crippen LogP contribution in [-0.2, 0) is 10.3 Å². The van der Waals surface area contributed by atoms with Crippen LogP contribution < -0.4 is 0 Å². The SMILES string of the molecule is CC(C)(C)n1c(SCC(=O)O)nc2ccc(Br)cc21. The van der Waals surface area contributed by atoms with E-state index in [9.17, 15) is 4.79 Å². The first-order chi connectivity index (χ1) is 8.79. The number of halogens is 1. The number of rotatable bonds is 3. The maximum Gasteiger partial charge on any atom is 0.313 e. The molecule has 0 fully saturated rings. The zero-order chi connectivity index (χ0) is 14.2. The molecule has 1 aromatic heterocycles. The summed E-state index contributed by atoms with van der Waals surface area (Å²) in [4.78, 5) is 15.3. The topological polar surface area (TPSA) is 55.1 Å². The van der Waals surface area contributed by atoms with E-state index in [0.717, 1.165) is 20.7 Å². The fraction of sp³-hybridized carbons (Fsp3) is 0.385. The molecule has 0 aliphatic heterocycles. The molecule has 4 nitrogen and oxygen atoms in total. The van der Waals surface area contributed by atoms with E-state index < -0.39 is 5.97 Å². The summed E-state index contributed by atoms with van der Waals surface area (Å²) in [5.41, 5.74) is 1.73. The second-order valence-electron chi connectivity index (χ2n) is 5.22. The Bertz CT molecular complexity index is 631.